The highest BCUT2D eigenvalue weighted by Crippen LogP contribution is 2.42. The molecular weight excluding hydrogens is 370 g/mol. The van der Waals surface area contributed by atoms with Crippen LogP contribution in [0.5, 0.6) is 0 Å². The second-order valence-electron chi connectivity index (χ2n) is 6.69. The molecule has 0 amide bonds. The van der Waals surface area contributed by atoms with Crippen LogP contribution in [-0.4, -0.2) is 35.7 Å². The number of nitrogens with one attached hydrogen (secondary N) is 1. The summed E-state index contributed by atoms with van der Waals surface area (Å²) in [5, 5.41) is 13.1. The lowest BCUT2D eigenvalue weighted by atomic mass is 10.1. The molecule has 0 spiro atoms. The van der Waals surface area contributed by atoms with Crippen molar-refractivity contribution in [2.45, 2.75) is 9.79 Å². The molecule has 1 aromatic heterocycles. The van der Waals surface area contributed by atoms with Crippen LogP contribution in [0.25, 0.3) is 17.1 Å². The summed E-state index contributed by atoms with van der Waals surface area (Å²) in [6.07, 6.45) is 0. The van der Waals surface area contributed by atoms with Crippen LogP contribution in [0, 0.1) is 11.3 Å². The molecule has 0 aliphatic carbocycles. The van der Waals surface area contributed by atoms with E-state index in [2.05, 4.69) is 11.4 Å². The zero-order chi connectivity index (χ0) is 19.1. The van der Waals surface area contributed by atoms with Gasteiger partial charge < -0.3 is 10.2 Å². The predicted octanol–water partition coefficient (Wildman–Crippen LogP) is 2.65. The van der Waals surface area contributed by atoms with Crippen LogP contribution >= 0.6 is 11.8 Å². The summed E-state index contributed by atoms with van der Waals surface area (Å²) < 4.78 is 1.60. The minimum atomic E-state index is -0.314. The Balaban J connectivity index is 1.87. The number of anilines is 1. The first-order chi connectivity index (χ1) is 13.8. The van der Waals surface area contributed by atoms with Crippen molar-refractivity contribution in [3.8, 4) is 23.1 Å². The fraction of sp³-hybridized carbons (Fsp3) is 0.190. The second kappa shape index (κ2) is 6.82. The van der Waals surface area contributed by atoms with Gasteiger partial charge >= 0.3 is 0 Å². The number of piperazine rings is 1. The van der Waals surface area contributed by atoms with Crippen molar-refractivity contribution in [2.75, 3.05) is 31.1 Å². The Hall–Kier alpha value is -3.08. The zero-order valence-electron chi connectivity index (χ0n) is 15.1. The van der Waals surface area contributed by atoms with E-state index in [1.54, 1.807) is 16.3 Å². The number of para-hydroxylation sites is 1. The van der Waals surface area contributed by atoms with E-state index in [4.69, 9.17) is 4.98 Å². The predicted molar refractivity (Wildman–Crippen MR) is 109 cm³/mol. The lowest BCUT2D eigenvalue weighted by Crippen LogP contribution is -2.45. The van der Waals surface area contributed by atoms with Crippen LogP contribution in [-0.2, 0) is 0 Å². The number of nitrogens with zero attached hydrogens (tertiary/aromatic N) is 4. The average molecular weight is 387 g/mol. The molecule has 0 atom stereocenters. The summed E-state index contributed by atoms with van der Waals surface area (Å²) in [5.41, 5.74) is 1.46. The first-order valence-electron chi connectivity index (χ1n) is 9.17. The molecule has 2 aromatic carbocycles. The number of fused-ring (bicyclic) bond motifs is 5. The van der Waals surface area contributed by atoms with E-state index in [0.29, 0.717) is 11.6 Å². The monoisotopic (exact) mass is 387 g/mol. The summed E-state index contributed by atoms with van der Waals surface area (Å²) in [7, 11) is 0. The molecular formula is C21H17N5OS. The fourth-order valence-corrected chi connectivity index (χ4v) is 4.77. The average Bonchev–Trinajstić information content (AvgIpc) is 2.89. The lowest BCUT2D eigenvalue weighted by Gasteiger charge is -2.29. The minimum absolute atomic E-state index is 0.102. The van der Waals surface area contributed by atoms with Gasteiger partial charge in [0, 0.05) is 41.5 Å². The third kappa shape index (κ3) is 2.61. The van der Waals surface area contributed by atoms with Crippen molar-refractivity contribution >= 4 is 17.6 Å². The Labute approximate surface area is 166 Å². The summed E-state index contributed by atoms with van der Waals surface area (Å²) in [6, 6.07) is 17.9. The van der Waals surface area contributed by atoms with Gasteiger partial charge in [0.1, 0.15) is 6.07 Å². The van der Waals surface area contributed by atoms with Crippen LogP contribution in [0.3, 0.4) is 0 Å². The third-order valence-corrected chi connectivity index (χ3v) is 6.19. The molecule has 2 aliphatic rings. The van der Waals surface area contributed by atoms with Crippen molar-refractivity contribution in [3.63, 3.8) is 0 Å². The van der Waals surface area contributed by atoms with Gasteiger partial charge in [0.25, 0.3) is 5.56 Å². The Morgan fingerprint density at radius 1 is 1.04 bits per heavy atom. The van der Waals surface area contributed by atoms with Gasteiger partial charge in [-0.15, -0.1) is 0 Å². The smallest absolute Gasteiger partial charge is 0.278 e. The Kier molecular flexibility index (Phi) is 4.15. The molecule has 5 rings (SSSR count). The molecule has 1 saturated heterocycles. The highest BCUT2D eigenvalue weighted by atomic mass is 32.2. The number of aromatic nitrogens is 2. The maximum atomic E-state index is 13.5. The van der Waals surface area contributed by atoms with Gasteiger partial charge in [0.2, 0.25) is 0 Å². The number of hydrogen-bond acceptors (Lipinski definition) is 6. The van der Waals surface area contributed by atoms with Crippen LogP contribution in [0.4, 0.5) is 5.82 Å². The molecule has 28 heavy (non-hydrogen) atoms. The highest BCUT2D eigenvalue weighted by Gasteiger charge is 2.27. The maximum absolute atomic E-state index is 13.5. The largest absolute Gasteiger partial charge is 0.353 e. The SMILES string of the molecule is N#Cc1c(N2CCNCC2)nc2n(c1=O)-c1ccccc1Sc1ccccc1-2. The minimum Gasteiger partial charge on any atom is -0.353 e. The molecule has 0 saturated carbocycles. The van der Waals surface area contributed by atoms with Crippen molar-refractivity contribution in [3.05, 3.63) is 64.4 Å². The lowest BCUT2D eigenvalue weighted by molar-refractivity contribution is 0.583. The summed E-state index contributed by atoms with van der Waals surface area (Å²) in [4.78, 5) is 22.4. The van der Waals surface area contributed by atoms with E-state index in [0.717, 1.165) is 47.2 Å². The quantitative estimate of drug-likeness (QED) is 0.541. The van der Waals surface area contributed by atoms with E-state index in [1.165, 1.54) is 0 Å². The van der Waals surface area contributed by atoms with E-state index in [1.807, 2.05) is 53.4 Å². The molecule has 0 unspecified atom stereocenters. The van der Waals surface area contributed by atoms with Gasteiger partial charge in [-0.3, -0.25) is 9.36 Å². The van der Waals surface area contributed by atoms with Gasteiger partial charge in [0.05, 0.1) is 5.69 Å². The van der Waals surface area contributed by atoms with Gasteiger partial charge in [0.15, 0.2) is 17.2 Å². The Bertz CT molecular complexity index is 1170. The van der Waals surface area contributed by atoms with E-state index < -0.39 is 0 Å². The molecule has 3 aromatic rings. The summed E-state index contributed by atoms with van der Waals surface area (Å²) in [5.74, 6) is 1.07. The van der Waals surface area contributed by atoms with Crippen molar-refractivity contribution in [1.29, 1.82) is 5.26 Å². The van der Waals surface area contributed by atoms with E-state index >= 15 is 0 Å². The third-order valence-electron chi connectivity index (χ3n) is 5.05. The first-order valence-corrected chi connectivity index (χ1v) is 9.99. The highest BCUT2D eigenvalue weighted by molar-refractivity contribution is 7.99. The van der Waals surface area contributed by atoms with Crippen LogP contribution in [0.15, 0.2) is 63.1 Å². The standard InChI is InChI=1S/C21H17N5OS/c22-13-15-19(25-11-9-23-10-12-25)24-20-14-5-1-3-7-17(14)28-18-8-4-2-6-16(18)26(20)21(15)27/h1-8,23H,9-12H2. The van der Waals surface area contributed by atoms with Crippen LogP contribution in [0.2, 0.25) is 0 Å². The molecule has 138 valence electrons. The molecule has 1 fully saturated rings. The zero-order valence-corrected chi connectivity index (χ0v) is 15.9. The van der Waals surface area contributed by atoms with Gasteiger partial charge in [-0.1, -0.05) is 42.1 Å². The van der Waals surface area contributed by atoms with Gasteiger partial charge in [-0.2, -0.15) is 5.26 Å². The maximum Gasteiger partial charge on any atom is 0.278 e. The van der Waals surface area contributed by atoms with Crippen LogP contribution in [0.1, 0.15) is 5.56 Å². The molecule has 0 bridgehead atoms. The molecule has 1 N–H and O–H groups in total. The van der Waals surface area contributed by atoms with Gasteiger partial charge in [-0.25, -0.2) is 4.98 Å². The number of rotatable bonds is 1. The molecule has 0 radical (unpaired) electrons. The van der Waals surface area contributed by atoms with Crippen molar-refractivity contribution in [2.24, 2.45) is 0 Å². The Morgan fingerprint density at radius 2 is 1.75 bits per heavy atom. The van der Waals surface area contributed by atoms with Crippen molar-refractivity contribution in [1.82, 2.24) is 14.9 Å². The number of hydrogen-bond donors (Lipinski definition) is 1. The van der Waals surface area contributed by atoms with Gasteiger partial charge in [-0.05, 0) is 18.2 Å². The molecule has 3 heterocycles. The summed E-state index contributed by atoms with van der Waals surface area (Å²) >= 11 is 1.62. The topological polar surface area (TPSA) is 74.0 Å². The fourth-order valence-electron chi connectivity index (χ4n) is 3.70. The number of benzene rings is 2. The molecule has 2 aliphatic heterocycles. The Morgan fingerprint density at radius 3 is 2.54 bits per heavy atom. The molecule has 7 heteroatoms. The van der Waals surface area contributed by atoms with E-state index in [9.17, 15) is 10.1 Å². The van der Waals surface area contributed by atoms with Crippen molar-refractivity contribution < 1.29 is 0 Å². The van der Waals surface area contributed by atoms with E-state index in [-0.39, 0.29) is 11.1 Å². The summed E-state index contributed by atoms with van der Waals surface area (Å²) in [6.45, 7) is 3.05. The first kappa shape index (κ1) is 17.0. The molecule has 6 nitrogen and oxygen atoms in total. The second-order valence-corrected chi connectivity index (χ2v) is 7.77. The van der Waals surface area contributed by atoms with Crippen LogP contribution < -0.4 is 15.8 Å². The number of nitriles is 1. The normalized spacial score (nSPS) is 15.0.